The normalized spacial score (nSPS) is 13.6. The molecule has 40 heavy (non-hydrogen) atoms. The number of anilines is 1. The Balaban J connectivity index is 2.35. The third-order valence-electron chi connectivity index (χ3n) is 6.24. The number of rotatable bonds is 10. The van der Waals surface area contributed by atoms with Crippen LogP contribution < -0.4 is 15.0 Å². The van der Waals surface area contributed by atoms with Crippen LogP contribution >= 0.6 is 11.6 Å². The molecule has 8 nitrogen and oxygen atoms in total. The van der Waals surface area contributed by atoms with Crippen molar-refractivity contribution in [2.45, 2.75) is 51.8 Å². The molecule has 0 amide bonds. The highest BCUT2D eigenvalue weighted by Gasteiger charge is 2.31. The van der Waals surface area contributed by atoms with Gasteiger partial charge in [0.2, 0.25) is 10.0 Å². The highest BCUT2D eigenvalue weighted by molar-refractivity contribution is 7.92. The predicted octanol–water partition coefficient (Wildman–Crippen LogP) is 5.34. The minimum atomic E-state index is -3.73. The summed E-state index contributed by atoms with van der Waals surface area (Å²) in [5, 5.41) is -0.0170. The molecule has 1 heterocycles. The first-order valence-electron chi connectivity index (χ1n) is 12.6. The van der Waals surface area contributed by atoms with Crippen molar-refractivity contribution in [3.8, 4) is 11.1 Å². The summed E-state index contributed by atoms with van der Waals surface area (Å²) < 4.78 is 57.7. The fourth-order valence-corrected chi connectivity index (χ4v) is 5.71. The van der Waals surface area contributed by atoms with Crippen LogP contribution in [-0.2, 0) is 28.4 Å². The molecule has 216 valence electrons. The summed E-state index contributed by atoms with van der Waals surface area (Å²) in [6.07, 6.45) is 2.00. The Kier molecular flexibility index (Phi) is 9.90. The molecule has 0 spiro atoms. The summed E-state index contributed by atoms with van der Waals surface area (Å²) in [6, 6.07) is 8.66. The van der Waals surface area contributed by atoms with Gasteiger partial charge < -0.3 is 9.12 Å². The van der Waals surface area contributed by atoms with Crippen molar-refractivity contribution in [1.29, 1.82) is 0 Å². The SMILES string of the molecule is CC[C@H](N[S+]([O-])C(C)(C)C)c1cc(=O)n(C)cc1-c1cc(NS(=O)(=O)CC)c(Cl)cc1C(=O)c1ccc(F)cc1. The maximum Gasteiger partial charge on any atom is 0.250 e. The minimum Gasteiger partial charge on any atom is -0.598 e. The van der Waals surface area contributed by atoms with E-state index in [0.29, 0.717) is 23.1 Å². The van der Waals surface area contributed by atoms with Crippen LogP contribution in [0.4, 0.5) is 10.1 Å². The minimum absolute atomic E-state index is 0.0170. The van der Waals surface area contributed by atoms with Gasteiger partial charge in [0, 0.05) is 47.4 Å². The zero-order valence-electron chi connectivity index (χ0n) is 23.2. The number of aromatic nitrogens is 1. The molecule has 12 heteroatoms. The van der Waals surface area contributed by atoms with E-state index in [1.807, 2.05) is 27.7 Å². The van der Waals surface area contributed by atoms with E-state index >= 15 is 0 Å². The summed E-state index contributed by atoms with van der Waals surface area (Å²) in [4.78, 5) is 26.5. The van der Waals surface area contributed by atoms with Crippen molar-refractivity contribution < 1.29 is 22.2 Å². The third kappa shape index (κ3) is 7.32. The highest BCUT2D eigenvalue weighted by Crippen LogP contribution is 2.38. The molecule has 0 saturated heterocycles. The van der Waals surface area contributed by atoms with E-state index in [1.165, 1.54) is 41.8 Å². The Bertz CT molecular complexity index is 1570. The molecule has 0 aliphatic rings. The van der Waals surface area contributed by atoms with E-state index in [1.54, 1.807) is 13.2 Å². The third-order valence-corrected chi connectivity index (χ3v) is 9.46. The summed E-state index contributed by atoms with van der Waals surface area (Å²) in [6.45, 7) is 8.79. The number of benzene rings is 2. The zero-order chi connectivity index (χ0) is 30.0. The number of hydrogen-bond donors (Lipinski definition) is 2. The van der Waals surface area contributed by atoms with Crippen LogP contribution in [0.15, 0.2) is 53.5 Å². The quantitative estimate of drug-likeness (QED) is 0.236. The van der Waals surface area contributed by atoms with Crippen molar-refractivity contribution in [3.63, 3.8) is 0 Å². The number of carbonyl (C=O) groups excluding carboxylic acids is 1. The van der Waals surface area contributed by atoms with Crippen molar-refractivity contribution in [3.05, 3.63) is 86.5 Å². The van der Waals surface area contributed by atoms with E-state index in [9.17, 15) is 27.0 Å². The maximum atomic E-state index is 13.7. The van der Waals surface area contributed by atoms with Crippen molar-refractivity contribution in [2.24, 2.45) is 7.05 Å². The van der Waals surface area contributed by atoms with Crippen molar-refractivity contribution in [1.82, 2.24) is 9.29 Å². The van der Waals surface area contributed by atoms with Crippen LogP contribution in [0.2, 0.25) is 5.02 Å². The number of ketones is 1. The van der Waals surface area contributed by atoms with Gasteiger partial charge in [-0.1, -0.05) is 18.5 Å². The monoisotopic (exact) mass is 609 g/mol. The lowest BCUT2D eigenvalue weighted by Gasteiger charge is -2.29. The van der Waals surface area contributed by atoms with Crippen LogP contribution in [0.5, 0.6) is 0 Å². The summed E-state index contributed by atoms with van der Waals surface area (Å²) in [5.41, 5.74) is 1.23. The number of sulfonamides is 1. The van der Waals surface area contributed by atoms with E-state index in [0.717, 1.165) is 12.1 Å². The molecule has 0 aliphatic heterocycles. The molecular weight excluding hydrogens is 577 g/mol. The fourth-order valence-electron chi connectivity index (χ4n) is 3.89. The Hall–Kier alpha value is -2.70. The van der Waals surface area contributed by atoms with Gasteiger partial charge in [-0.25, -0.2) is 12.8 Å². The molecular formula is C28H33ClFN3O5S2. The number of nitrogens with one attached hydrogen (secondary N) is 2. The molecule has 3 aromatic rings. The summed E-state index contributed by atoms with van der Waals surface area (Å²) in [5.74, 6) is -1.20. The molecule has 0 radical (unpaired) electrons. The first-order chi connectivity index (χ1) is 18.6. The van der Waals surface area contributed by atoms with Gasteiger partial charge in [0.25, 0.3) is 5.56 Å². The second-order valence-corrected chi connectivity index (χ2v) is 14.7. The fraction of sp³-hybridized carbons (Fsp3) is 0.357. The Morgan fingerprint density at radius 3 is 2.30 bits per heavy atom. The van der Waals surface area contributed by atoms with Crippen LogP contribution in [-0.4, -0.2) is 33.8 Å². The largest absolute Gasteiger partial charge is 0.598 e. The number of nitrogens with zero attached hydrogens (tertiary/aromatic N) is 1. The lowest BCUT2D eigenvalue weighted by atomic mass is 9.89. The molecule has 1 aromatic heterocycles. The smallest absolute Gasteiger partial charge is 0.250 e. The van der Waals surface area contributed by atoms with Crippen molar-refractivity contribution >= 4 is 44.5 Å². The molecule has 0 aliphatic carbocycles. The molecule has 1 unspecified atom stereocenters. The number of pyridine rings is 1. The summed E-state index contributed by atoms with van der Waals surface area (Å²) in [7, 11) is -2.18. The van der Waals surface area contributed by atoms with Crippen LogP contribution in [0.3, 0.4) is 0 Å². The van der Waals surface area contributed by atoms with Gasteiger partial charge in [0.05, 0.1) is 22.5 Å². The summed E-state index contributed by atoms with van der Waals surface area (Å²) >= 11 is 4.98. The van der Waals surface area contributed by atoms with E-state index < -0.39 is 43.8 Å². The number of halogens is 2. The molecule has 2 aromatic carbocycles. The molecule has 0 bridgehead atoms. The molecule has 0 fully saturated rings. The zero-order valence-corrected chi connectivity index (χ0v) is 25.6. The maximum absolute atomic E-state index is 13.7. The van der Waals surface area contributed by atoms with Gasteiger partial charge in [0.15, 0.2) is 5.78 Å². The van der Waals surface area contributed by atoms with Gasteiger partial charge in [-0.05, 0) is 81.6 Å². The molecule has 3 rings (SSSR count). The second-order valence-electron chi connectivity index (χ2n) is 10.3. The van der Waals surface area contributed by atoms with Gasteiger partial charge >= 0.3 is 0 Å². The second kappa shape index (κ2) is 12.4. The van der Waals surface area contributed by atoms with Gasteiger partial charge in [-0.15, -0.1) is 4.72 Å². The average Bonchev–Trinajstić information content (AvgIpc) is 2.89. The lowest BCUT2D eigenvalue weighted by Crippen LogP contribution is -2.41. The van der Waals surface area contributed by atoms with E-state index in [4.69, 9.17) is 11.6 Å². The number of carbonyl (C=O) groups is 1. The molecule has 2 atom stereocenters. The predicted molar refractivity (Wildman–Crippen MR) is 159 cm³/mol. The number of aryl methyl sites for hydroxylation is 1. The topological polar surface area (TPSA) is 120 Å². The Morgan fingerprint density at radius 2 is 1.75 bits per heavy atom. The number of hydrogen-bond acceptors (Lipinski definition) is 6. The Morgan fingerprint density at radius 1 is 1.12 bits per heavy atom. The standard InChI is InChI=1S/C28H33ClFN3O5S2/c1-7-24(31-39(36)28(3,4)5)20-15-26(34)33(6)16-22(20)19-14-25(32-40(37,38)8-2)23(29)13-21(19)27(35)17-9-11-18(30)12-10-17/h9-16,24,31-32H,7-8H2,1-6H3/t24-,39?/m0/s1. The average molecular weight is 610 g/mol. The van der Waals surface area contributed by atoms with Gasteiger partial charge in [-0.2, -0.15) is 0 Å². The van der Waals surface area contributed by atoms with Gasteiger partial charge in [-0.3, -0.25) is 14.3 Å². The first-order valence-corrected chi connectivity index (χ1v) is 15.8. The lowest BCUT2D eigenvalue weighted by molar-refractivity contribution is 0.103. The van der Waals surface area contributed by atoms with Gasteiger partial charge in [0.1, 0.15) is 10.6 Å². The highest BCUT2D eigenvalue weighted by atomic mass is 35.5. The van der Waals surface area contributed by atoms with E-state index in [2.05, 4.69) is 9.44 Å². The first kappa shape index (κ1) is 31.8. The molecule has 2 N–H and O–H groups in total. The molecule has 0 saturated carbocycles. The van der Waals surface area contributed by atoms with Crippen LogP contribution in [0.1, 0.15) is 68.6 Å². The van der Waals surface area contributed by atoms with E-state index in [-0.39, 0.29) is 33.1 Å². The van der Waals surface area contributed by atoms with Crippen molar-refractivity contribution in [2.75, 3.05) is 10.5 Å². The Labute approximate surface area is 242 Å². The van der Waals surface area contributed by atoms with Crippen LogP contribution in [0, 0.1) is 5.82 Å². The van der Waals surface area contributed by atoms with Crippen LogP contribution in [0.25, 0.3) is 11.1 Å².